The Balaban J connectivity index is 1.87. The number of hydrogen-bond acceptors (Lipinski definition) is 6. The third-order valence-corrected chi connectivity index (χ3v) is 7.52. The summed E-state index contributed by atoms with van der Waals surface area (Å²) in [6.07, 6.45) is 2.20. The molecule has 36 heavy (non-hydrogen) atoms. The van der Waals surface area contributed by atoms with E-state index in [0.717, 1.165) is 5.56 Å². The number of nitrogens with zero attached hydrogens (tertiary/aromatic N) is 2. The zero-order valence-corrected chi connectivity index (χ0v) is 21.6. The van der Waals surface area contributed by atoms with Crippen molar-refractivity contribution in [2.75, 3.05) is 20.2 Å². The van der Waals surface area contributed by atoms with Crippen LogP contribution in [0.2, 0.25) is 0 Å². The van der Waals surface area contributed by atoms with Gasteiger partial charge in [-0.15, -0.1) is 0 Å². The zero-order valence-electron chi connectivity index (χ0n) is 20.7. The summed E-state index contributed by atoms with van der Waals surface area (Å²) in [6.45, 7) is 3.85. The quantitative estimate of drug-likeness (QED) is 0.387. The number of pyridine rings is 1. The van der Waals surface area contributed by atoms with Crippen LogP contribution in [-0.4, -0.2) is 61.1 Å². The summed E-state index contributed by atoms with van der Waals surface area (Å²) < 4.78 is 33.4. The maximum absolute atomic E-state index is 13.5. The second-order valence-electron chi connectivity index (χ2n) is 8.96. The van der Waals surface area contributed by atoms with Crippen LogP contribution in [0.5, 0.6) is 5.75 Å². The van der Waals surface area contributed by atoms with Gasteiger partial charge < -0.3 is 15.2 Å². The van der Waals surface area contributed by atoms with E-state index in [0.29, 0.717) is 17.7 Å². The fourth-order valence-electron chi connectivity index (χ4n) is 3.82. The van der Waals surface area contributed by atoms with E-state index in [1.807, 2.05) is 44.2 Å². The van der Waals surface area contributed by atoms with Gasteiger partial charge in [-0.05, 0) is 54.3 Å². The molecular formula is C27H33N3O5S. The Morgan fingerprint density at radius 1 is 1.00 bits per heavy atom. The topological polar surface area (TPSA) is 109 Å². The second-order valence-corrected chi connectivity index (χ2v) is 10.9. The average Bonchev–Trinajstić information content (AvgIpc) is 2.88. The molecule has 1 amide bonds. The second kappa shape index (κ2) is 12.6. The van der Waals surface area contributed by atoms with Crippen molar-refractivity contribution in [2.45, 2.75) is 37.3 Å². The van der Waals surface area contributed by atoms with Gasteiger partial charge in [0.2, 0.25) is 10.0 Å². The molecule has 0 fully saturated rings. The van der Waals surface area contributed by atoms with Gasteiger partial charge in [-0.2, -0.15) is 4.31 Å². The summed E-state index contributed by atoms with van der Waals surface area (Å²) >= 11 is 0. The van der Waals surface area contributed by atoms with Crippen LogP contribution in [0, 0.1) is 5.92 Å². The van der Waals surface area contributed by atoms with Crippen molar-refractivity contribution in [2.24, 2.45) is 5.92 Å². The van der Waals surface area contributed by atoms with Crippen LogP contribution in [0.3, 0.4) is 0 Å². The lowest BCUT2D eigenvalue weighted by Crippen LogP contribution is -2.51. The molecule has 0 radical (unpaired) electrons. The molecule has 1 heterocycles. The molecule has 192 valence electrons. The van der Waals surface area contributed by atoms with Crippen LogP contribution >= 0.6 is 0 Å². The van der Waals surface area contributed by atoms with E-state index in [1.165, 1.54) is 35.9 Å². The summed E-state index contributed by atoms with van der Waals surface area (Å²) in [4.78, 5) is 16.9. The lowest BCUT2D eigenvalue weighted by molar-refractivity contribution is 0.0775. The molecule has 2 N–H and O–H groups in total. The first-order chi connectivity index (χ1) is 17.2. The number of ether oxygens (including phenoxy) is 1. The number of carbonyl (C=O) groups is 1. The summed E-state index contributed by atoms with van der Waals surface area (Å²) in [7, 11) is -2.39. The molecule has 2 unspecified atom stereocenters. The number of benzene rings is 2. The van der Waals surface area contributed by atoms with Gasteiger partial charge in [0, 0.05) is 31.0 Å². The Hall–Kier alpha value is -3.27. The summed E-state index contributed by atoms with van der Waals surface area (Å²) in [5.74, 6) is 0.196. The van der Waals surface area contributed by atoms with Gasteiger partial charge in [0.15, 0.2) is 0 Å². The number of methoxy groups -OCH3 is 1. The summed E-state index contributed by atoms with van der Waals surface area (Å²) in [5.41, 5.74) is 1.31. The Bertz CT molecular complexity index is 1200. The minimum Gasteiger partial charge on any atom is -0.497 e. The number of aliphatic hydroxyl groups is 1. The van der Waals surface area contributed by atoms with Crippen LogP contribution in [0.1, 0.15) is 29.8 Å². The van der Waals surface area contributed by atoms with E-state index >= 15 is 0 Å². The van der Waals surface area contributed by atoms with Crippen molar-refractivity contribution in [3.8, 4) is 5.75 Å². The molecule has 0 spiro atoms. The molecule has 2 aromatic carbocycles. The molecule has 0 aliphatic heterocycles. The molecule has 0 aliphatic carbocycles. The van der Waals surface area contributed by atoms with E-state index in [9.17, 15) is 18.3 Å². The summed E-state index contributed by atoms with van der Waals surface area (Å²) in [6, 6.07) is 18.0. The van der Waals surface area contributed by atoms with Crippen LogP contribution in [-0.2, 0) is 16.4 Å². The standard InChI is InChI=1S/C27H33N3O5S/c1-20(2)18-30(36(33,34)24-11-9-23(35-3)10-12-24)19-26(31)25(17-21-7-5-4-6-8-21)29-27(32)22-13-15-28-16-14-22/h4-16,20,25-26,31H,17-19H2,1-3H3,(H,29,32). The Morgan fingerprint density at radius 2 is 1.64 bits per heavy atom. The fraction of sp³-hybridized carbons (Fsp3) is 0.333. The molecule has 1 aromatic heterocycles. The lowest BCUT2D eigenvalue weighted by Gasteiger charge is -2.30. The normalized spacial score (nSPS) is 13.4. The molecule has 0 aliphatic rings. The van der Waals surface area contributed by atoms with E-state index in [4.69, 9.17) is 4.74 Å². The zero-order chi connectivity index (χ0) is 26.1. The number of amides is 1. The average molecular weight is 512 g/mol. The molecule has 9 heteroatoms. The van der Waals surface area contributed by atoms with Crippen LogP contribution in [0.25, 0.3) is 0 Å². The molecule has 0 saturated heterocycles. The third kappa shape index (κ3) is 7.36. The minimum atomic E-state index is -3.91. The maximum Gasteiger partial charge on any atom is 0.251 e. The van der Waals surface area contributed by atoms with Crippen molar-refractivity contribution in [1.29, 1.82) is 0 Å². The van der Waals surface area contributed by atoms with Gasteiger partial charge in [-0.25, -0.2) is 8.42 Å². The SMILES string of the molecule is COc1ccc(S(=O)(=O)N(CC(C)C)CC(O)C(Cc2ccccc2)NC(=O)c2ccncc2)cc1. The first kappa shape index (κ1) is 27.3. The molecule has 3 rings (SSSR count). The van der Waals surface area contributed by atoms with Crippen LogP contribution in [0.15, 0.2) is 84.0 Å². The number of sulfonamides is 1. The van der Waals surface area contributed by atoms with E-state index in [1.54, 1.807) is 24.3 Å². The highest BCUT2D eigenvalue weighted by atomic mass is 32.2. The summed E-state index contributed by atoms with van der Waals surface area (Å²) in [5, 5.41) is 14.2. The predicted octanol–water partition coefficient (Wildman–Crippen LogP) is 3.14. The first-order valence-corrected chi connectivity index (χ1v) is 13.2. The van der Waals surface area contributed by atoms with Crippen molar-refractivity contribution in [1.82, 2.24) is 14.6 Å². The van der Waals surface area contributed by atoms with E-state index in [-0.39, 0.29) is 29.8 Å². The van der Waals surface area contributed by atoms with E-state index in [2.05, 4.69) is 10.3 Å². The number of hydrogen-bond donors (Lipinski definition) is 2. The van der Waals surface area contributed by atoms with Gasteiger partial charge in [-0.1, -0.05) is 44.2 Å². The minimum absolute atomic E-state index is 0.0178. The number of aromatic nitrogens is 1. The van der Waals surface area contributed by atoms with Gasteiger partial charge >= 0.3 is 0 Å². The first-order valence-electron chi connectivity index (χ1n) is 11.8. The molecule has 8 nitrogen and oxygen atoms in total. The highest BCUT2D eigenvalue weighted by Gasteiger charge is 2.31. The fourth-order valence-corrected chi connectivity index (χ4v) is 5.44. The number of carbonyl (C=O) groups excluding carboxylic acids is 1. The van der Waals surface area contributed by atoms with Crippen molar-refractivity contribution >= 4 is 15.9 Å². The third-order valence-electron chi connectivity index (χ3n) is 5.68. The molecular weight excluding hydrogens is 478 g/mol. The molecule has 3 aromatic rings. The number of rotatable bonds is 12. The largest absolute Gasteiger partial charge is 0.497 e. The van der Waals surface area contributed by atoms with Crippen molar-refractivity contribution < 1.29 is 23.1 Å². The van der Waals surface area contributed by atoms with Crippen molar-refractivity contribution in [3.05, 3.63) is 90.3 Å². The Labute approximate surface area is 213 Å². The lowest BCUT2D eigenvalue weighted by atomic mass is 10.0. The number of nitrogens with one attached hydrogen (secondary N) is 1. The van der Waals surface area contributed by atoms with Crippen LogP contribution in [0.4, 0.5) is 0 Å². The van der Waals surface area contributed by atoms with Crippen LogP contribution < -0.4 is 10.1 Å². The van der Waals surface area contributed by atoms with Gasteiger partial charge in [0.05, 0.1) is 24.2 Å². The smallest absolute Gasteiger partial charge is 0.251 e. The van der Waals surface area contributed by atoms with E-state index < -0.39 is 22.2 Å². The monoisotopic (exact) mass is 511 g/mol. The predicted molar refractivity (Wildman–Crippen MR) is 138 cm³/mol. The molecule has 2 atom stereocenters. The molecule has 0 bridgehead atoms. The van der Waals surface area contributed by atoms with Gasteiger partial charge in [0.1, 0.15) is 5.75 Å². The van der Waals surface area contributed by atoms with Gasteiger partial charge in [-0.3, -0.25) is 9.78 Å². The maximum atomic E-state index is 13.5. The Kier molecular flexibility index (Phi) is 9.58. The highest BCUT2D eigenvalue weighted by molar-refractivity contribution is 7.89. The highest BCUT2D eigenvalue weighted by Crippen LogP contribution is 2.22. The van der Waals surface area contributed by atoms with Gasteiger partial charge in [0.25, 0.3) is 5.91 Å². The Morgan fingerprint density at radius 3 is 2.22 bits per heavy atom. The molecule has 0 saturated carbocycles. The van der Waals surface area contributed by atoms with Crippen molar-refractivity contribution in [3.63, 3.8) is 0 Å². The number of aliphatic hydroxyl groups excluding tert-OH is 1.